The minimum absolute atomic E-state index is 0.504. The highest BCUT2D eigenvalue weighted by atomic mass is 15.3. The molecule has 3 atom stereocenters. The van der Waals surface area contributed by atoms with Crippen LogP contribution in [0, 0.1) is 5.92 Å². The number of nitrogens with one attached hydrogen (secondary N) is 1. The summed E-state index contributed by atoms with van der Waals surface area (Å²) >= 11 is 0. The van der Waals surface area contributed by atoms with Crippen molar-refractivity contribution in [3.63, 3.8) is 0 Å². The monoisotopic (exact) mass is 290 g/mol. The summed E-state index contributed by atoms with van der Waals surface area (Å²) in [5.74, 6) is 0.923. The molecule has 0 bridgehead atoms. The fourth-order valence-corrected chi connectivity index (χ4v) is 3.40. The topological polar surface area (TPSA) is 33.1 Å². The second-order valence-corrected chi connectivity index (χ2v) is 6.89. The van der Waals surface area contributed by atoms with E-state index in [1.807, 2.05) is 0 Å². The van der Waals surface area contributed by atoms with Crippen molar-refractivity contribution in [3.05, 3.63) is 18.0 Å². The van der Waals surface area contributed by atoms with E-state index >= 15 is 0 Å². The Morgan fingerprint density at radius 1 is 1.38 bits per heavy atom. The van der Waals surface area contributed by atoms with Gasteiger partial charge in [0, 0.05) is 44.0 Å². The first-order valence-electron chi connectivity index (χ1n) is 8.72. The van der Waals surface area contributed by atoms with Gasteiger partial charge in [0.05, 0.1) is 5.69 Å². The summed E-state index contributed by atoms with van der Waals surface area (Å²) in [4.78, 5) is 2.69. The SMILES string of the molecule is CCC1CN(Cc2ccn(C(C)CC)n2)C(C2CC2)CN1. The Morgan fingerprint density at radius 2 is 2.19 bits per heavy atom. The zero-order valence-corrected chi connectivity index (χ0v) is 13.8. The van der Waals surface area contributed by atoms with Gasteiger partial charge in [-0.05, 0) is 44.6 Å². The highest BCUT2D eigenvalue weighted by molar-refractivity contribution is 5.03. The largest absolute Gasteiger partial charge is 0.311 e. The predicted octanol–water partition coefficient (Wildman–Crippen LogP) is 2.82. The summed E-state index contributed by atoms with van der Waals surface area (Å²) in [7, 11) is 0. The smallest absolute Gasteiger partial charge is 0.0765 e. The van der Waals surface area contributed by atoms with Crippen molar-refractivity contribution < 1.29 is 0 Å². The van der Waals surface area contributed by atoms with Gasteiger partial charge in [0.25, 0.3) is 0 Å². The number of hydrogen-bond acceptors (Lipinski definition) is 3. The van der Waals surface area contributed by atoms with Crippen molar-refractivity contribution >= 4 is 0 Å². The lowest BCUT2D eigenvalue weighted by Gasteiger charge is -2.40. The number of aromatic nitrogens is 2. The molecule has 1 aromatic rings. The molecular formula is C17H30N4. The molecule has 1 N–H and O–H groups in total. The fraction of sp³-hybridized carbons (Fsp3) is 0.824. The first kappa shape index (κ1) is 15.0. The van der Waals surface area contributed by atoms with Crippen LogP contribution in [0.3, 0.4) is 0 Å². The minimum atomic E-state index is 0.504. The second kappa shape index (κ2) is 6.49. The van der Waals surface area contributed by atoms with Crippen molar-refractivity contribution in [2.24, 2.45) is 5.92 Å². The summed E-state index contributed by atoms with van der Waals surface area (Å²) in [5, 5.41) is 8.52. The summed E-state index contributed by atoms with van der Waals surface area (Å²) in [6, 6.07) is 4.08. The summed E-state index contributed by atoms with van der Waals surface area (Å²) in [6.45, 7) is 10.1. The van der Waals surface area contributed by atoms with E-state index in [2.05, 4.69) is 47.9 Å². The van der Waals surface area contributed by atoms with Crippen LogP contribution >= 0.6 is 0 Å². The Balaban J connectivity index is 1.66. The molecule has 1 saturated carbocycles. The molecule has 0 aromatic carbocycles. The fourth-order valence-electron chi connectivity index (χ4n) is 3.40. The number of nitrogens with zero attached hydrogens (tertiary/aromatic N) is 3. The maximum atomic E-state index is 4.79. The first-order chi connectivity index (χ1) is 10.2. The van der Waals surface area contributed by atoms with E-state index in [-0.39, 0.29) is 0 Å². The summed E-state index contributed by atoms with van der Waals surface area (Å²) in [6.07, 6.45) is 7.34. The molecule has 0 amide bonds. The lowest BCUT2D eigenvalue weighted by atomic mass is 10.0. The van der Waals surface area contributed by atoms with E-state index in [1.165, 1.54) is 31.5 Å². The number of hydrogen-bond donors (Lipinski definition) is 1. The molecule has 3 unspecified atom stereocenters. The quantitative estimate of drug-likeness (QED) is 0.874. The lowest BCUT2D eigenvalue weighted by molar-refractivity contribution is 0.104. The molecule has 4 nitrogen and oxygen atoms in total. The molecule has 2 heterocycles. The second-order valence-electron chi connectivity index (χ2n) is 6.89. The van der Waals surface area contributed by atoms with Gasteiger partial charge in [0.1, 0.15) is 0 Å². The van der Waals surface area contributed by atoms with Crippen molar-refractivity contribution in [2.75, 3.05) is 13.1 Å². The van der Waals surface area contributed by atoms with Crippen LogP contribution in [-0.4, -0.2) is 39.9 Å². The van der Waals surface area contributed by atoms with Gasteiger partial charge >= 0.3 is 0 Å². The third-order valence-corrected chi connectivity index (χ3v) is 5.27. The number of rotatable bonds is 6. The molecule has 2 aliphatic rings. The molecule has 1 saturated heterocycles. The van der Waals surface area contributed by atoms with Gasteiger partial charge in [-0.1, -0.05) is 13.8 Å². The Kier molecular flexibility index (Phi) is 4.65. The maximum Gasteiger partial charge on any atom is 0.0765 e. The molecule has 0 radical (unpaired) electrons. The van der Waals surface area contributed by atoms with Crippen molar-refractivity contribution in [1.29, 1.82) is 0 Å². The molecule has 0 spiro atoms. The van der Waals surface area contributed by atoms with Crippen LogP contribution in [0.2, 0.25) is 0 Å². The molecule has 1 aliphatic heterocycles. The van der Waals surface area contributed by atoms with E-state index in [9.17, 15) is 0 Å². The Hall–Kier alpha value is -0.870. The zero-order chi connectivity index (χ0) is 14.8. The van der Waals surface area contributed by atoms with Crippen molar-refractivity contribution in [1.82, 2.24) is 20.0 Å². The molecule has 21 heavy (non-hydrogen) atoms. The molecule has 2 fully saturated rings. The maximum absolute atomic E-state index is 4.79. The molecule has 4 heteroatoms. The van der Waals surface area contributed by atoms with Crippen LogP contribution in [0.25, 0.3) is 0 Å². The van der Waals surface area contributed by atoms with E-state index in [0.717, 1.165) is 31.5 Å². The molecule has 3 rings (SSSR count). The van der Waals surface area contributed by atoms with Crippen LogP contribution < -0.4 is 5.32 Å². The van der Waals surface area contributed by atoms with Gasteiger partial charge in [-0.3, -0.25) is 9.58 Å². The van der Waals surface area contributed by atoms with Crippen molar-refractivity contribution in [3.8, 4) is 0 Å². The third-order valence-electron chi connectivity index (χ3n) is 5.27. The Morgan fingerprint density at radius 3 is 2.86 bits per heavy atom. The molecule has 118 valence electrons. The third kappa shape index (κ3) is 3.49. The molecule has 1 aromatic heterocycles. The van der Waals surface area contributed by atoms with Gasteiger partial charge in [0.15, 0.2) is 0 Å². The summed E-state index contributed by atoms with van der Waals surface area (Å²) < 4.78 is 2.13. The summed E-state index contributed by atoms with van der Waals surface area (Å²) in [5.41, 5.74) is 1.23. The van der Waals surface area contributed by atoms with Gasteiger partial charge in [0.2, 0.25) is 0 Å². The van der Waals surface area contributed by atoms with Crippen LogP contribution in [0.1, 0.15) is 58.2 Å². The first-order valence-corrected chi connectivity index (χ1v) is 8.72. The minimum Gasteiger partial charge on any atom is -0.311 e. The lowest BCUT2D eigenvalue weighted by Crippen LogP contribution is -2.56. The average Bonchev–Trinajstić information content (AvgIpc) is 3.25. The Bertz CT molecular complexity index is 451. The zero-order valence-electron chi connectivity index (χ0n) is 13.8. The van der Waals surface area contributed by atoms with E-state index in [0.29, 0.717) is 12.1 Å². The van der Waals surface area contributed by atoms with Crippen molar-refractivity contribution in [2.45, 2.75) is 71.1 Å². The highest BCUT2D eigenvalue weighted by Gasteiger charge is 2.38. The van der Waals surface area contributed by atoms with Gasteiger partial charge in [-0.25, -0.2) is 0 Å². The van der Waals surface area contributed by atoms with Gasteiger partial charge in [-0.15, -0.1) is 0 Å². The van der Waals surface area contributed by atoms with Crippen LogP contribution in [0.15, 0.2) is 12.3 Å². The number of piperazine rings is 1. The van der Waals surface area contributed by atoms with Crippen LogP contribution in [-0.2, 0) is 6.54 Å². The standard InChI is InChI=1S/C17H30N4/c1-4-13(3)21-9-8-16(19-21)12-20-11-15(5-2)18-10-17(20)14-6-7-14/h8-9,13-15,17-18H,4-7,10-12H2,1-3H3. The normalized spacial score (nSPS) is 28.7. The van der Waals surface area contributed by atoms with E-state index in [4.69, 9.17) is 5.10 Å². The van der Waals surface area contributed by atoms with Gasteiger partial charge < -0.3 is 5.32 Å². The van der Waals surface area contributed by atoms with Crippen LogP contribution in [0.5, 0.6) is 0 Å². The van der Waals surface area contributed by atoms with Gasteiger partial charge in [-0.2, -0.15) is 5.10 Å². The van der Waals surface area contributed by atoms with E-state index in [1.54, 1.807) is 0 Å². The van der Waals surface area contributed by atoms with E-state index < -0.39 is 0 Å². The molecular weight excluding hydrogens is 260 g/mol. The highest BCUT2D eigenvalue weighted by Crippen LogP contribution is 2.36. The Labute approximate surface area is 128 Å². The van der Waals surface area contributed by atoms with Crippen LogP contribution in [0.4, 0.5) is 0 Å². The predicted molar refractivity (Wildman–Crippen MR) is 86.2 cm³/mol. The average molecular weight is 290 g/mol. The molecule has 1 aliphatic carbocycles.